The lowest BCUT2D eigenvalue weighted by Crippen LogP contribution is -2.25. The number of hydrogen-bond acceptors (Lipinski definition) is 3. The van der Waals surface area contributed by atoms with Gasteiger partial charge in [-0.2, -0.15) is 0 Å². The molecule has 0 radical (unpaired) electrons. The maximum atomic E-state index is 6.32. The topological polar surface area (TPSA) is 26.0 Å². The second-order valence-electron chi connectivity index (χ2n) is 4.65. The SMILES string of the molecule is CCC(N)C(Sc1ccc(Cl)c(Cl)c1)c1sccc1C. The van der Waals surface area contributed by atoms with Gasteiger partial charge >= 0.3 is 0 Å². The van der Waals surface area contributed by atoms with Crippen LogP contribution >= 0.6 is 46.3 Å². The number of hydrogen-bond donors (Lipinski definition) is 1. The van der Waals surface area contributed by atoms with E-state index in [0.717, 1.165) is 11.3 Å². The molecule has 0 spiro atoms. The van der Waals surface area contributed by atoms with E-state index in [1.54, 1.807) is 23.1 Å². The van der Waals surface area contributed by atoms with Crippen molar-refractivity contribution in [2.75, 3.05) is 0 Å². The Hall–Kier alpha value is -0.190. The average Bonchev–Trinajstić information content (AvgIpc) is 2.85. The molecule has 2 aromatic rings. The summed E-state index contributed by atoms with van der Waals surface area (Å²) in [6.07, 6.45) is 0.941. The zero-order valence-corrected chi connectivity index (χ0v) is 14.5. The molecule has 108 valence electrons. The van der Waals surface area contributed by atoms with Crippen molar-refractivity contribution < 1.29 is 0 Å². The molecule has 0 aliphatic heterocycles. The molecule has 5 heteroatoms. The standard InChI is InChI=1S/C15H17Cl2NS2/c1-3-13(18)15(14-9(2)6-7-19-14)20-10-4-5-11(16)12(17)8-10/h4-8,13,15H,3,18H2,1-2H3. The molecule has 2 atom stereocenters. The highest BCUT2D eigenvalue weighted by Crippen LogP contribution is 2.42. The van der Waals surface area contributed by atoms with Crippen LogP contribution in [0.2, 0.25) is 10.0 Å². The van der Waals surface area contributed by atoms with Crippen molar-refractivity contribution in [3.8, 4) is 0 Å². The number of thiophene rings is 1. The van der Waals surface area contributed by atoms with Gasteiger partial charge in [-0.1, -0.05) is 30.1 Å². The summed E-state index contributed by atoms with van der Waals surface area (Å²) < 4.78 is 0. The van der Waals surface area contributed by atoms with Crippen LogP contribution in [0.1, 0.15) is 29.0 Å². The van der Waals surface area contributed by atoms with E-state index < -0.39 is 0 Å². The Bertz CT molecular complexity index is 583. The quantitative estimate of drug-likeness (QED) is 0.679. The van der Waals surface area contributed by atoms with E-state index in [1.807, 2.05) is 18.2 Å². The fourth-order valence-electron chi connectivity index (χ4n) is 1.92. The van der Waals surface area contributed by atoms with Crippen molar-refractivity contribution >= 4 is 46.3 Å². The largest absolute Gasteiger partial charge is 0.326 e. The molecule has 1 nitrogen and oxygen atoms in total. The molecule has 0 aliphatic rings. The predicted molar refractivity (Wildman–Crippen MR) is 92.4 cm³/mol. The van der Waals surface area contributed by atoms with Gasteiger partial charge in [0, 0.05) is 15.8 Å². The van der Waals surface area contributed by atoms with Crippen LogP contribution in [-0.4, -0.2) is 6.04 Å². The molecule has 1 aromatic heterocycles. The van der Waals surface area contributed by atoms with Gasteiger partial charge in [0.25, 0.3) is 0 Å². The van der Waals surface area contributed by atoms with E-state index in [2.05, 4.69) is 25.3 Å². The second-order valence-corrected chi connectivity index (χ2v) is 7.63. The lowest BCUT2D eigenvalue weighted by atomic mass is 10.1. The first kappa shape index (κ1) is 16.2. The van der Waals surface area contributed by atoms with E-state index in [-0.39, 0.29) is 11.3 Å². The Morgan fingerprint density at radius 2 is 2.00 bits per heavy atom. The predicted octanol–water partition coefficient (Wildman–Crippen LogP) is 5.93. The molecule has 20 heavy (non-hydrogen) atoms. The lowest BCUT2D eigenvalue weighted by Gasteiger charge is -2.22. The monoisotopic (exact) mass is 345 g/mol. The fourth-order valence-corrected chi connectivity index (χ4v) is 4.86. The Morgan fingerprint density at radius 3 is 2.55 bits per heavy atom. The number of rotatable bonds is 5. The molecule has 0 aliphatic carbocycles. The third-order valence-electron chi connectivity index (χ3n) is 3.17. The molecule has 0 saturated heterocycles. The summed E-state index contributed by atoms with van der Waals surface area (Å²) in [7, 11) is 0. The van der Waals surface area contributed by atoms with Crippen LogP contribution in [0.5, 0.6) is 0 Å². The van der Waals surface area contributed by atoms with Gasteiger partial charge in [-0.25, -0.2) is 0 Å². The highest BCUT2D eigenvalue weighted by atomic mass is 35.5. The van der Waals surface area contributed by atoms with Crippen LogP contribution in [0.15, 0.2) is 34.5 Å². The van der Waals surface area contributed by atoms with Crippen LogP contribution in [0.25, 0.3) is 0 Å². The summed E-state index contributed by atoms with van der Waals surface area (Å²) in [5.41, 5.74) is 7.62. The van der Waals surface area contributed by atoms with Crippen molar-refractivity contribution in [3.05, 3.63) is 50.1 Å². The summed E-state index contributed by atoms with van der Waals surface area (Å²) in [5.74, 6) is 0. The zero-order chi connectivity index (χ0) is 14.7. The van der Waals surface area contributed by atoms with E-state index in [0.29, 0.717) is 10.0 Å². The summed E-state index contributed by atoms with van der Waals surface area (Å²) in [5, 5.41) is 3.54. The first-order valence-electron chi connectivity index (χ1n) is 6.44. The molecule has 0 bridgehead atoms. The normalized spacial score (nSPS) is 14.2. The van der Waals surface area contributed by atoms with Gasteiger partial charge in [-0.15, -0.1) is 23.1 Å². The van der Waals surface area contributed by atoms with Gasteiger partial charge in [-0.3, -0.25) is 0 Å². The Morgan fingerprint density at radius 1 is 1.25 bits per heavy atom. The van der Waals surface area contributed by atoms with Crippen LogP contribution in [0.4, 0.5) is 0 Å². The number of aryl methyl sites for hydroxylation is 1. The van der Waals surface area contributed by atoms with E-state index in [4.69, 9.17) is 28.9 Å². The molecular formula is C15H17Cl2NS2. The summed E-state index contributed by atoms with van der Waals surface area (Å²) in [6.45, 7) is 4.26. The summed E-state index contributed by atoms with van der Waals surface area (Å²) in [4.78, 5) is 2.44. The smallest absolute Gasteiger partial charge is 0.0603 e. The van der Waals surface area contributed by atoms with Gasteiger partial charge in [-0.05, 0) is 48.6 Å². The van der Waals surface area contributed by atoms with Gasteiger partial charge < -0.3 is 5.73 Å². The molecule has 0 fully saturated rings. The summed E-state index contributed by atoms with van der Waals surface area (Å²) in [6, 6.07) is 8.00. The average molecular weight is 346 g/mol. The van der Waals surface area contributed by atoms with Crippen molar-refractivity contribution in [2.45, 2.75) is 36.5 Å². The van der Waals surface area contributed by atoms with Gasteiger partial charge in [0.05, 0.1) is 15.3 Å². The van der Waals surface area contributed by atoms with Gasteiger partial charge in [0.1, 0.15) is 0 Å². The first-order valence-corrected chi connectivity index (χ1v) is 8.95. The van der Waals surface area contributed by atoms with Crippen LogP contribution < -0.4 is 5.73 Å². The fraction of sp³-hybridized carbons (Fsp3) is 0.333. The molecular weight excluding hydrogens is 329 g/mol. The van der Waals surface area contributed by atoms with Crippen molar-refractivity contribution in [1.29, 1.82) is 0 Å². The summed E-state index contributed by atoms with van der Waals surface area (Å²) >= 11 is 15.6. The molecule has 2 N–H and O–H groups in total. The Balaban J connectivity index is 2.28. The number of benzene rings is 1. The Kier molecular flexibility index (Phi) is 5.82. The molecule has 2 unspecified atom stereocenters. The number of thioether (sulfide) groups is 1. The Labute approximate surface area is 138 Å². The zero-order valence-electron chi connectivity index (χ0n) is 11.4. The highest BCUT2D eigenvalue weighted by molar-refractivity contribution is 7.99. The molecule has 1 aromatic carbocycles. The first-order chi connectivity index (χ1) is 9.52. The number of halogens is 2. The van der Waals surface area contributed by atoms with E-state index in [1.165, 1.54) is 10.4 Å². The van der Waals surface area contributed by atoms with E-state index >= 15 is 0 Å². The van der Waals surface area contributed by atoms with Gasteiger partial charge in [0.15, 0.2) is 0 Å². The van der Waals surface area contributed by atoms with Crippen LogP contribution in [0, 0.1) is 6.92 Å². The molecule has 2 rings (SSSR count). The highest BCUT2D eigenvalue weighted by Gasteiger charge is 2.23. The molecule has 0 saturated carbocycles. The second kappa shape index (κ2) is 7.19. The van der Waals surface area contributed by atoms with Crippen molar-refractivity contribution in [3.63, 3.8) is 0 Å². The minimum atomic E-state index is 0.117. The maximum Gasteiger partial charge on any atom is 0.0603 e. The minimum Gasteiger partial charge on any atom is -0.326 e. The van der Waals surface area contributed by atoms with Crippen LogP contribution in [-0.2, 0) is 0 Å². The number of nitrogens with two attached hydrogens (primary N) is 1. The van der Waals surface area contributed by atoms with E-state index in [9.17, 15) is 0 Å². The molecule has 1 heterocycles. The third kappa shape index (κ3) is 3.71. The van der Waals surface area contributed by atoms with Crippen molar-refractivity contribution in [2.24, 2.45) is 5.73 Å². The molecule has 0 amide bonds. The van der Waals surface area contributed by atoms with Crippen molar-refractivity contribution in [1.82, 2.24) is 0 Å². The van der Waals surface area contributed by atoms with Gasteiger partial charge in [0.2, 0.25) is 0 Å². The minimum absolute atomic E-state index is 0.117. The van der Waals surface area contributed by atoms with Crippen LogP contribution in [0.3, 0.4) is 0 Å². The lowest BCUT2D eigenvalue weighted by molar-refractivity contribution is 0.638. The third-order valence-corrected chi connectivity index (χ3v) is 6.53. The maximum absolute atomic E-state index is 6.32.